The highest BCUT2D eigenvalue weighted by Gasteiger charge is 2.16. The number of hydrazone groups is 1. The summed E-state index contributed by atoms with van der Waals surface area (Å²) >= 11 is 1.53. The van der Waals surface area contributed by atoms with E-state index in [0.29, 0.717) is 0 Å². The first kappa shape index (κ1) is 17.5. The smallest absolute Gasteiger partial charge is 0.259 e. The highest BCUT2D eigenvalue weighted by atomic mass is 32.1. The molecule has 0 unspecified atom stereocenters. The molecule has 2 N–H and O–H groups in total. The van der Waals surface area contributed by atoms with Crippen LogP contribution in [0.5, 0.6) is 5.75 Å². The van der Waals surface area contributed by atoms with Gasteiger partial charge in [0.15, 0.2) is 5.13 Å². The maximum absolute atomic E-state index is 12.2. The molecule has 1 heterocycles. The number of amides is 1. The van der Waals surface area contributed by atoms with Gasteiger partial charge in [-0.25, -0.2) is 10.4 Å². The van der Waals surface area contributed by atoms with E-state index in [0.717, 1.165) is 51.6 Å². The van der Waals surface area contributed by atoms with Crippen LogP contribution in [0.25, 0.3) is 10.2 Å². The molecule has 138 valence electrons. The molecule has 0 spiro atoms. The van der Waals surface area contributed by atoms with Gasteiger partial charge in [0.25, 0.3) is 5.91 Å². The van der Waals surface area contributed by atoms with Crippen molar-refractivity contribution < 1.29 is 9.53 Å². The van der Waals surface area contributed by atoms with E-state index in [-0.39, 0.29) is 12.5 Å². The van der Waals surface area contributed by atoms with Crippen molar-refractivity contribution in [3.05, 3.63) is 53.6 Å². The van der Waals surface area contributed by atoms with E-state index in [9.17, 15) is 4.79 Å². The number of methoxy groups -OCH3 is 1. The largest absolute Gasteiger partial charge is 0.497 e. The SMILES string of the molecule is COc1ccc2c(c1)CCC/C2=N/NC(=O)CNc1nc2ccccc2s1. The van der Waals surface area contributed by atoms with E-state index in [2.05, 4.69) is 20.8 Å². The Balaban J connectivity index is 1.39. The van der Waals surface area contributed by atoms with Crippen LogP contribution in [-0.4, -0.2) is 30.3 Å². The van der Waals surface area contributed by atoms with Crippen molar-refractivity contribution in [3.8, 4) is 5.75 Å². The fraction of sp³-hybridized carbons (Fsp3) is 0.250. The average Bonchev–Trinajstić information content (AvgIpc) is 3.13. The third-order valence-corrected chi connectivity index (χ3v) is 5.49. The summed E-state index contributed by atoms with van der Waals surface area (Å²) in [7, 11) is 1.66. The number of hydrogen-bond acceptors (Lipinski definition) is 6. The third-order valence-electron chi connectivity index (χ3n) is 4.49. The number of hydrogen-bond donors (Lipinski definition) is 2. The zero-order valence-corrected chi connectivity index (χ0v) is 15.8. The Morgan fingerprint density at radius 3 is 3.00 bits per heavy atom. The minimum absolute atomic E-state index is 0.131. The number of anilines is 1. The number of carbonyl (C=O) groups excluding carboxylic acids is 1. The van der Waals surface area contributed by atoms with Gasteiger partial charge in [0.2, 0.25) is 0 Å². The van der Waals surface area contributed by atoms with Crippen LogP contribution < -0.4 is 15.5 Å². The summed E-state index contributed by atoms with van der Waals surface area (Å²) < 4.78 is 6.38. The second-order valence-electron chi connectivity index (χ2n) is 6.31. The molecule has 0 saturated carbocycles. The van der Waals surface area contributed by atoms with Gasteiger partial charge in [-0.1, -0.05) is 23.5 Å². The first-order valence-corrected chi connectivity index (χ1v) is 9.67. The van der Waals surface area contributed by atoms with Gasteiger partial charge < -0.3 is 10.1 Å². The van der Waals surface area contributed by atoms with Crippen molar-refractivity contribution >= 4 is 38.3 Å². The summed E-state index contributed by atoms with van der Waals surface area (Å²) in [4.78, 5) is 16.6. The number of para-hydroxylation sites is 1. The zero-order valence-electron chi connectivity index (χ0n) is 15.0. The van der Waals surface area contributed by atoms with Gasteiger partial charge in [-0.3, -0.25) is 4.79 Å². The molecule has 0 fully saturated rings. The summed E-state index contributed by atoms with van der Waals surface area (Å²) in [5, 5.41) is 8.15. The lowest BCUT2D eigenvalue weighted by Gasteiger charge is -2.18. The van der Waals surface area contributed by atoms with Gasteiger partial charge in [-0.2, -0.15) is 5.10 Å². The number of aryl methyl sites for hydroxylation is 1. The third kappa shape index (κ3) is 3.93. The molecule has 0 aliphatic heterocycles. The summed E-state index contributed by atoms with van der Waals surface area (Å²) in [5.41, 5.74) is 6.79. The van der Waals surface area contributed by atoms with Crippen molar-refractivity contribution in [1.29, 1.82) is 0 Å². The molecule has 3 aromatic rings. The standard InChI is InChI=1S/C20H20N4O2S/c1-26-14-9-10-15-13(11-14)5-4-7-16(15)23-24-19(25)12-21-20-22-17-6-2-3-8-18(17)27-20/h2-3,6,8-11H,4-5,7,12H2,1H3,(H,21,22)(H,24,25)/b23-16-. The minimum Gasteiger partial charge on any atom is -0.497 e. The van der Waals surface area contributed by atoms with E-state index >= 15 is 0 Å². The van der Waals surface area contributed by atoms with Crippen LogP contribution in [0, 0.1) is 0 Å². The number of nitrogens with one attached hydrogen (secondary N) is 2. The topological polar surface area (TPSA) is 75.6 Å². The maximum atomic E-state index is 12.2. The molecule has 0 bridgehead atoms. The van der Waals surface area contributed by atoms with Crippen molar-refractivity contribution in [2.24, 2.45) is 5.10 Å². The lowest BCUT2D eigenvalue weighted by molar-refractivity contribution is -0.119. The van der Waals surface area contributed by atoms with Gasteiger partial charge >= 0.3 is 0 Å². The predicted octanol–water partition coefficient (Wildman–Crippen LogP) is 3.57. The molecule has 2 aromatic carbocycles. The minimum atomic E-state index is -0.192. The number of ether oxygens (including phenoxy) is 1. The van der Waals surface area contributed by atoms with Crippen LogP contribution in [0.2, 0.25) is 0 Å². The Hall–Kier alpha value is -2.93. The van der Waals surface area contributed by atoms with Crippen molar-refractivity contribution in [2.75, 3.05) is 19.0 Å². The Labute approximate surface area is 161 Å². The molecular weight excluding hydrogens is 360 g/mol. The number of nitrogens with zero attached hydrogens (tertiary/aromatic N) is 2. The summed E-state index contributed by atoms with van der Waals surface area (Å²) in [6.45, 7) is 0.131. The number of rotatable bonds is 5. The number of benzene rings is 2. The van der Waals surface area contributed by atoms with E-state index in [1.807, 2.05) is 42.5 Å². The first-order valence-electron chi connectivity index (χ1n) is 8.85. The molecule has 1 aliphatic rings. The van der Waals surface area contributed by atoms with Crippen LogP contribution in [-0.2, 0) is 11.2 Å². The molecule has 1 aromatic heterocycles. The van der Waals surface area contributed by atoms with Crippen molar-refractivity contribution in [1.82, 2.24) is 10.4 Å². The second-order valence-corrected chi connectivity index (χ2v) is 7.34. The van der Waals surface area contributed by atoms with E-state index in [1.54, 1.807) is 7.11 Å². The molecule has 27 heavy (non-hydrogen) atoms. The number of thiazole rings is 1. The Kier molecular flexibility index (Phi) is 5.02. The van der Waals surface area contributed by atoms with Gasteiger partial charge in [0.05, 0.1) is 29.6 Å². The highest BCUT2D eigenvalue weighted by Crippen LogP contribution is 2.26. The average molecular weight is 380 g/mol. The van der Waals surface area contributed by atoms with Crippen molar-refractivity contribution in [3.63, 3.8) is 0 Å². The molecule has 1 aliphatic carbocycles. The molecule has 0 saturated heterocycles. The second kappa shape index (κ2) is 7.75. The van der Waals surface area contributed by atoms with Gasteiger partial charge in [0.1, 0.15) is 5.75 Å². The molecule has 1 amide bonds. The maximum Gasteiger partial charge on any atom is 0.259 e. The zero-order chi connectivity index (χ0) is 18.6. The van der Waals surface area contributed by atoms with Gasteiger partial charge in [-0.05, 0) is 55.2 Å². The monoisotopic (exact) mass is 380 g/mol. The summed E-state index contributed by atoms with van der Waals surface area (Å²) in [5.74, 6) is 0.654. The van der Waals surface area contributed by atoms with Crippen molar-refractivity contribution in [2.45, 2.75) is 19.3 Å². The quantitative estimate of drug-likeness (QED) is 0.664. The molecule has 7 heteroatoms. The fourth-order valence-corrected chi connectivity index (χ4v) is 4.02. The molecular formula is C20H20N4O2S. The first-order chi connectivity index (χ1) is 13.2. The summed E-state index contributed by atoms with van der Waals surface area (Å²) in [6, 6.07) is 13.9. The fourth-order valence-electron chi connectivity index (χ4n) is 3.16. The van der Waals surface area contributed by atoms with E-state index < -0.39 is 0 Å². The van der Waals surface area contributed by atoms with Crippen LogP contribution >= 0.6 is 11.3 Å². The Bertz CT molecular complexity index is 979. The lowest BCUT2D eigenvalue weighted by atomic mass is 9.90. The Morgan fingerprint density at radius 1 is 1.26 bits per heavy atom. The normalized spacial score (nSPS) is 14.8. The summed E-state index contributed by atoms with van der Waals surface area (Å²) in [6.07, 6.45) is 2.86. The molecule has 0 radical (unpaired) electrons. The Morgan fingerprint density at radius 2 is 2.15 bits per heavy atom. The highest BCUT2D eigenvalue weighted by molar-refractivity contribution is 7.22. The lowest BCUT2D eigenvalue weighted by Crippen LogP contribution is -2.27. The van der Waals surface area contributed by atoms with Gasteiger partial charge in [0, 0.05) is 5.56 Å². The van der Waals surface area contributed by atoms with Gasteiger partial charge in [-0.15, -0.1) is 0 Å². The van der Waals surface area contributed by atoms with Crippen LogP contribution in [0.1, 0.15) is 24.0 Å². The predicted molar refractivity (Wildman–Crippen MR) is 109 cm³/mol. The molecule has 0 atom stereocenters. The van der Waals surface area contributed by atoms with Crippen LogP contribution in [0.4, 0.5) is 5.13 Å². The van der Waals surface area contributed by atoms with E-state index in [1.165, 1.54) is 16.9 Å². The van der Waals surface area contributed by atoms with Crippen LogP contribution in [0.3, 0.4) is 0 Å². The molecule has 6 nitrogen and oxygen atoms in total. The number of fused-ring (bicyclic) bond motifs is 2. The number of aromatic nitrogens is 1. The number of carbonyl (C=O) groups is 1. The molecule has 4 rings (SSSR count). The van der Waals surface area contributed by atoms with Crippen LogP contribution in [0.15, 0.2) is 47.6 Å². The van der Waals surface area contributed by atoms with E-state index in [4.69, 9.17) is 4.74 Å².